The van der Waals surface area contributed by atoms with Crippen LogP contribution in [0, 0.1) is 11.8 Å². The predicted octanol–water partition coefficient (Wildman–Crippen LogP) is 8.55. The summed E-state index contributed by atoms with van der Waals surface area (Å²) in [5.74, 6) is 1.67. The Morgan fingerprint density at radius 3 is 2.21 bits per heavy atom. The van der Waals surface area contributed by atoms with Gasteiger partial charge in [-0.25, -0.2) is 4.79 Å². The highest BCUT2D eigenvalue weighted by Crippen LogP contribution is 2.34. The zero-order valence-electron chi connectivity index (χ0n) is 20.7. The van der Waals surface area contributed by atoms with Crippen LogP contribution in [0.3, 0.4) is 0 Å². The Balaban J connectivity index is 1.59. The van der Waals surface area contributed by atoms with E-state index in [9.17, 15) is 9.90 Å². The second kappa shape index (κ2) is 13.4. The standard InChI is InChI=1S/C30H42O3/c1-3-5-6-7-21-33-27-19-20-28(30(31)32)29(22-27)26-17-15-25(16-18-26)14-13-24-11-9-23(8-4-2)10-12-24/h15-20,22-24H,3-14,21H2,1-2H3,(H,31,32). The van der Waals surface area contributed by atoms with Crippen molar-refractivity contribution in [2.24, 2.45) is 11.8 Å². The molecule has 3 rings (SSSR count). The van der Waals surface area contributed by atoms with Gasteiger partial charge in [-0.15, -0.1) is 0 Å². The Kier molecular flexibility index (Phi) is 10.3. The van der Waals surface area contributed by atoms with Crippen LogP contribution in [-0.4, -0.2) is 17.7 Å². The average molecular weight is 451 g/mol. The number of rotatable bonds is 13. The minimum Gasteiger partial charge on any atom is -0.494 e. The molecule has 1 aliphatic carbocycles. The first-order valence-corrected chi connectivity index (χ1v) is 13.2. The van der Waals surface area contributed by atoms with Crippen LogP contribution in [0.25, 0.3) is 11.1 Å². The highest BCUT2D eigenvalue weighted by atomic mass is 16.5. The predicted molar refractivity (Wildman–Crippen MR) is 137 cm³/mol. The van der Waals surface area contributed by atoms with Crippen LogP contribution in [0.15, 0.2) is 42.5 Å². The summed E-state index contributed by atoms with van der Waals surface area (Å²) in [4.78, 5) is 11.8. The topological polar surface area (TPSA) is 46.5 Å². The van der Waals surface area contributed by atoms with Crippen molar-refractivity contribution in [1.82, 2.24) is 0 Å². The van der Waals surface area contributed by atoms with Gasteiger partial charge in [0.2, 0.25) is 0 Å². The van der Waals surface area contributed by atoms with Crippen molar-refractivity contribution in [3.05, 3.63) is 53.6 Å². The van der Waals surface area contributed by atoms with E-state index in [2.05, 4.69) is 38.1 Å². The molecular formula is C30H42O3. The third kappa shape index (κ3) is 7.91. The molecule has 1 aliphatic rings. The summed E-state index contributed by atoms with van der Waals surface area (Å²) in [6.07, 6.45) is 15.3. The van der Waals surface area contributed by atoms with Crippen LogP contribution in [0.2, 0.25) is 0 Å². The van der Waals surface area contributed by atoms with Gasteiger partial charge in [0.05, 0.1) is 12.2 Å². The Bertz CT molecular complexity index is 847. The number of carbonyl (C=O) groups is 1. The molecular weight excluding hydrogens is 408 g/mol. The fraction of sp³-hybridized carbons (Fsp3) is 0.567. The van der Waals surface area contributed by atoms with Crippen molar-refractivity contribution in [1.29, 1.82) is 0 Å². The lowest BCUT2D eigenvalue weighted by atomic mass is 9.78. The summed E-state index contributed by atoms with van der Waals surface area (Å²) in [6.45, 7) is 5.17. The highest BCUT2D eigenvalue weighted by molar-refractivity contribution is 5.96. The van der Waals surface area contributed by atoms with Gasteiger partial charge in [0.25, 0.3) is 0 Å². The van der Waals surface area contributed by atoms with Crippen molar-refractivity contribution in [3.63, 3.8) is 0 Å². The molecule has 1 fully saturated rings. The maximum atomic E-state index is 11.8. The van der Waals surface area contributed by atoms with E-state index < -0.39 is 5.97 Å². The van der Waals surface area contributed by atoms with Gasteiger partial charge >= 0.3 is 5.97 Å². The number of ether oxygens (including phenoxy) is 1. The average Bonchev–Trinajstić information content (AvgIpc) is 2.84. The summed E-state index contributed by atoms with van der Waals surface area (Å²) < 4.78 is 5.91. The molecule has 0 heterocycles. The Labute approximate surface area is 200 Å². The van der Waals surface area contributed by atoms with Crippen LogP contribution in [0.5, 0.6) is 5.75 Å². The van der Waals surface area contributed by atoms with E-state index in [4.69, 9.17) is 4.74 Å². The van der Waals surface area contributed by atoms with E-state index in [0.29, 0.717) is 12.2 Å². The van der Waals surface area contributed by atoms with Crippen LogP contribution in [-0.2, 0) is 6.42 Å². The molecule has 3 nitrogen and oxygen atoms in total. The van der Waals surface area contributed by atoms with Gasteiger partial charge in [0.1, 0.15) is 5.75 Å². The number of unbranched alkanes of at least 4 members (excludes halogenated alkanes) is 3. The molecule has 0 aromatic heterocycles. The number of hydrogen-bond acceptors (Lipinski definition) is 2. The molecule has 0 spiro atoms. The molecule has 0 aliphatic heterocycles. The molecule has 2 aromatic rings. The van der Waals surface area contributed by atoms with Gasteiger partial charge in [-0.3, -0.25) is 0 Å². The smallest absolute Gasteiger partial charge is 0.336 e. The van der Waals surface area contributed by atoms with Crippen molar-refractivity contribution in [3.8, 4) is 16.9 Å². The molecule has 0 unspecified atom stereocenters. The molecule has 3 heteroatoms. The Morgan fingerprint density at radius 2 is 1.58 bits per heavy atom. The van der Waals surface area contributed by atoms with Gasteiger partial charge in [0, 0.05) is 0 Å². The first kappa shape index (κ1) is 25.3. The van der Waals surface area contributed by atoms with Crippen molar-refractivity contribution < 1.29 is 14.6 Å². The second-order valence-corrected chi connectivity index (χ2v) is 9.83. The highest BCUT2D eigenvalue weighted by Gasteiger charge is 2.20. The fourth-order valence-corrected chi connectivity index (χ4v) is 5.20. The lowest BCUT2D eigenvalue weighted by Gasteiger charge is -2.28. The summed E-state index contributed by atoms with van der Waals surface area (Å²) >= 11 is 0. The normalized spacial score (nSPS) is 18.2. The third-order valence-electron chi connectivity index (χ3n) is 7.26. The molecule has 0 saturated heterocycles. The van der Waals surface area contributed by atoms with E-state index >= 15 is 0 Å². The zero-order chi connectivity index (χ0) is 23.5. The molecule has 0 radical (unpaired) electrons. The van der Waals surface area contributed by atoms with Crippen LogP contribution >= 0.6 is 0 Å². The molecule has 33 heavy (non-hydrogen) atoms. The van der Waals surface area contributed by atoms with Gasteiger partial charge < -0.3 is 9.84 Å². The van der Waals surface area contributed by atoms with E-state index in [-0.39, 0.29) is 0 Å². The maximum absolute atomic E-state index is 11.8. The lowest BCUT2D eigenvalue weighted by molar-refractivity contribution is 0.0697. The largest absolute Gasteiger partial charge is 0.494 e. The van der Waals surface area contributed by atoms with Crippen LogP contribution in [0.1, 0.15) is 100 Å². The van der Waals surface area contributed by atoms with Crippen LogP contribution < -0.4 is 4.74 Å². The van der Waals surface area contributed by atoms with E-state index in [1.165, 1.54) is 63.4 Å². The molecule has 0 amide bonds. The summed E-state index contributed by atoms with van der Waals surface area (Å²) in [5, 5.41) is 9.69. The SMILES string of the molecule is CCCCCCOc1ccc(C(=O)O)c(-c2ccc(CCC3CCC(CCC)CC3)cc2)c1. The monoisotopic (exact) mass is 450 g/mol. The number of carboxylic acid groups (broad SMARTS) is 1. The van der Waals surface area contributed by atoms with Crippen molar-refractivity contribution in [2.75, 3.05) is 6.61 Å². The number of aromatic carboxylic acids is 1. The van der Waals surface area contributed by atoms with E-state index in [1.54, 1.807) is 12.1 Å². The summed E-state index contributed by atoms with van der Waals surface area (Å²) in [7, 11) is 0. The molecule has 0 atom stereocenters. The summed E-state index contributed by atoms with van der Waals surface area (Å²) in [6, 6.07) is 13.8. The zero-order valence-corrected chi connectivity index (χ0v) is 20.7. The molecule has 1 saturated carbocycles. The fourth-order valence-electron chi connectivity index (χ4n) is 5.20. The van der Waals surface area contributed by atoms with E-state index in [0.717, 1.165) is 48.0 Å². The number of aryl methyl sites for hydroxylation is 1. The van der Waals surface area contributed by atoms with Crippen molar-refractivity contribution in [2.45, 2.75) is 90.9 Å². The number of benzene rings is 2. The minimum absolute atomic E-state index is 0.324. The first-order valence-electron chi connectivity index (χ1n) is 13.2. The molecule has 0 bridgehead atoms. The van der Waals surface area contributed by atoms with Gasteiger partial charge in [-0.1, -0.05) is 95.9 Å². The number of carboxylic acids is 1. The molecule has 180 valence electrons. The number of hydrogen-bond donors (Lipinski definition) is 1. The molecule has 2 aromatic carbocycles. The third-order valence-corrected chi connectivity index (χ3v) is 7.26. The first-order chi connectivity index (χ1) is 16.1. The van der Waals surface area contributed by atoms with Gasteiger partial charge in [0.15, 0.2) is 0 Å². The van der Waals surface area contributed by atoms with E-state index in [1.807, 2.05) is 6.07 Å². The lowest BCUT2D eigenvalue weighted by Crippen LogP contribution is -2.15. The van der Waals surface area contributed by atoms with Crippen LogP contribution in [0.4, 0.5) is 0 Å². The van der Waals surface area contributed by atoms with Gasteiger partial charge in [-0.05, 0) is 66.0 Å². The Morgan fingerprint density at radius 1 is 0.879 bits per heavy atom. The second-order valence-electron chi connectivity index (χ2n) is 9.83. The maximum Gasteiger partial charge on any atom is 0.336 e. The quantitative estimate of drug-likeness (QED) is 0.311. The van der Waals surface area contributed by atoms with Gasteiger partial charge in [-0.2, -0.15) is 0 Å². The Hall–Kier alpha value is -2.29. The molecule has 1 N–H and O–H groups in total. The van der Waals surface area contributed by atoms with Crippen molar-refractivity contribution >= 4 is 5.97 Å². The summed E-state index contributed by atoms with van der Waals surface area (Å²) in [5.41, 5.74) is 3.33. The minimum atomic E-state index is -0.901.